The van der Waals surface area contributed by atoms with Gasteiger partial charge in [-0.1, -0.05) is 72.8 Å². The van der Waals surface area contributed by atoms with Crippen molar-refractivity contribution in [2.75, 3.05) is 26.3 Å². The first kappa shape index (κ1) is 21.7. The first-order valence-corrected chi connectivity index (χ1v) is 9.58. The zero-order valence-electron chi connectivity index (χ0n) is 17.0. The van der Waals surface area contributed by atoms with E-state index in [1.807, 2.05) is 0 Å². The Morgan fingerprint density at radius 1 is 0.750 bits per heavy atom. The van der Waals surface area contributed by atoms with E-state index in [9.17, 15) is 5.21 Å². The molecule has 28 heavy (non-hydrogen) atoms. The van der Waals surface area contributed by atoms with Crippen LogP contribution in [0, 0.1) is 13.8 Å². The molecule has 0 fully saturated rings. The quantitative estimate of drug-likeness (QED) is 0.422. The molecule has 0 unspecified atom stereocenters. The summed E-state index contributed by atoms with van der Waals surface area (Å²) in [5.41, 5.74) is 4.79. The molecule has 2 rings (SSSR count). The normalized spacial score (nSPS) is 10.7. The Hall–Kier alpha value is -2.56. The molecule has 0 saturated carbocycles. The molecule has 2 aromatic rings. The number of aryl methyl sites for hydroxylation is 2. The summed E-state index contributed by atoms with van der Waals surface area (Å²) in [6.07, 6.45) is 1.35. The minimum absolute atomic E-state index is 0.380. The third kappa shape index (κ3) is 8.42. The van der Waals surface area contributed by atoms with Crippen LogP contribution in [0.1, 0.15) is 22.3 Å². The summed E-state index contributed by atoms with van der Waals surface area (Å²) in [5, 5.41) is 11.1. The minimum Gasteiger partial charge on any atom is -0.497 e. The van der Waals surface area contributed by atoms with Gasteiger partial charge >= 0.3 is 0 Å². The number of hydroxylamine groups is 2. The van der Waals surface area contributed by atoms with Gasteiger partial charge in [0.1, 0.15) is 13.2 Å². The third-order valence-electron chi connectivity index (χ3n) is 4.35. The van der Waals surface area contributed by atoms with Crippen molar-refractivity contribution in [2.45, 2.75) is 26.7 Å². The predicted molar refractivity (Wildman–Crippen MR) is 113 cm³/mol. The number of hydrogen-bond donors (Lipinski definition) is 1. The van der Waals surface area contributed by atoms with Crippen molar-refractivity contribution in [2.24, 2.45) is 0 Å². The van der Waals surface area contributed by atoms with Gasteiger partial charge in [-0.05, 0) is 25.0 Å². The molecule has 0 aliphatic rings. The van der Waals surface area contributed by atoms with Crippen LogP contribution >= 0.6 is 0 Å². The van der Waals surface area contributed by atoms with Crippen LogP contribution in [0.4, 0.5) is 0 Å². The Morgan fingerprint density at radius 3 is 1.46 bits per heavy atom. The lowest BCUT2D eigenvalue weighted by Gasteiger charge is -2.17. The highest BCUT2D eigenvalue weighted by Gasteiger charge is 2.05. The van der Waals surface area contributed by atoms with E-state index in [2.05, 4.69) is 75.5 Å². The molecule has 150 valence electrons. The summed E-state index contributed by atoms with van der Waals surface area (Å²) in [6, 6.07) is 16.6. The van der Waals surface area contributed by atoms with Gasteiger partial charge in [-0.2, -0.15) is 5.06 Å². The molecule has 0 saturated heterocycles. The van der Waals surface area contributed by atoms with Gasteiger partial charge in [0.15, 0.2) is 0 Å². The summed E-state index contributed by atoms with van der Waals surface area (Å²) in [6.45, 7) is 13.5. The largest absolute Gasteiger partial charge is 0.497 e. The average Bonchev–Trinajstić information content (AvgIpc) is 2.65. The molecule has 0 atom stereocenters. The summed E-state index contributed by atoms with van der Waals surface area (Å²) in [4.78, 5) is 0. The first-order chi connectivity index (χ1) is 13.4. The number of rotatable bonds is 12. The lowest BCUT2D eigenvalue weighted by Crippen LogP contribution is -2.27. The van der Waals surface area contributed by atoms with Crippen LogP contribution in [0.15, 0.2) is 73.2 Å². The summed E-state index contributed by atoms with van der Waals surface area (Å²) < 4.78 is 11.2. The molecule has 4 heteroatoms. The molecule has 0 amide bonds. The highest BCUT2D eigenvalue weighted by molar-refractivity contribution is 5.24. The van der Waals surface area contributed by atoms with Crippen LogP contribution in [0.5, 0.6) is 0 Å². The van der Waals surface area contributed by atoms with Gasteiger partial charge in [-0.25, -0.2) is 0 Å². The molecule has 1 N–H and O–H groups in total. The van der Waals surface area contributed by atoms with E-state index in [1.165, 1.54) is 16.2 Å². The number of allylic oxidation sites excluding steroid dienone is 2. The topological polar surface area (TPSA) is 41.9 Å². The van der Waals surface area contributed by atoms with Gasteiger partial charge in [0.2, 0.25) is 0 Å². The third-order valence-corrected chi connectivity index (χ3v) is 4.35. The van der Waals surface area contributed by atoms with Gasteiger partial charge in [-0.3, -0.25) is 0 Å². The molecule has 0 bridgehead atoms. The summed E-state index contributed by atoms with van der Waals surface area (Å²) in [7, 11) is 0. The number of nitrogens with zero attached hydrogens (tertiary/aromatic N) is 1. The SMILES string of the molecule is C=C(Cc1ccc(C)cc1)OCCN(O)CCOC(=C)Cc1ccc(C)cc1. The fourth-order valence-electron chi connectivity index (χ4n) is 2.67. The molecule has 0 aliphatic heterocycles. The maximum absolute atomic E-state index is 9.93. The average molecular weight is 382 g/mol. The first-order valence-electron chi connectivity index (χ1n) is 9.58. The molecule has 0 spiro atoms. The molecule has 4 nitrogen and oxygen atoms in total. The van der Waals surface area contributed by atoms with Crippen molar-refractivity contribution in [3.8, 4) is 0 Å². The lowest BCUT2D eigenvalue weighted by atomic mass is 10.1. The van der Waals surface area contributed by atoms with Crippen LogP contribution in [0.2, 0.25) is 0 Å². The van der Waals surface area contributed by atoms with Gasteiger partial charge in [-0.15, -0.1) is 0 Å². The molecular formula is C24H31NO3. The van der Waals surface area contributed by atoms with Crippen molar-refractivity contribution in [3.05, 3.63) is 95.5 Å². The van der Waals surface area contributed by atoms with Crippen molar-refractivity contribution < 1.29 is 14.7 Å². The van der Waals surface area contributed by atoms with E-state index in [0.717, 1.165) is 11.1 Å². The van der Waals surface area contributed by atoms with Crippen LogP contribution in [0.25, 0.3) is 0 Å². The zero-order chi connectivity index (χ0) is 20.4. The van der Waals surface area contributed by atoms with E-state index in [1.54, 1.807) is 0 Å². The lowest BCUT2D eigenvalue weighted by molar-refractivity contribution is -0.109. The van der Waals surface area contributed by atoms with E-state index < -0.39 is 0 Å². The maximum Gasteiger partial charge on any atom is 0.103 e. The van der Waals surface area contributed by atoms with Crippen LogP contribution < -0.4 is 0 Å². The minimum atomic E-state index is 0.380. The van der Waals surface area contributed by atoms with Crippen molar-refractivity contribution in [1.82, 2.24) is 5.06 Å². The van der Waals surface area contributed by atoms with Crippen molar-refractivity contribution in [3.63, 3.8) is 0 Å². The zero-order valence-corrected chi connectivity index (χ0v) is 17.0. The van der Waals surface area contributed by atoms with E-state index in [-0.39, 0.29) is 0 Å². The standard InChI is InChI=1S/C24H31NO3/c1-19-5-9-23(10-6-19)17-21(3)27-15-13-25(26)14-16-28-22(4)18-24-11-7-20(2)8-12-24/h5-12,26H,3-4,13-18H2,1-2H3. The van der Waals surface area contributed by atoms with Gasteiger partial charge in [0.25, 0.3) is 0 Å². The van der Waals surface area contributed by atoms with Crippen LogP contribution in [0.3, 0.4) is 0 Å². The monoisotopic (exact) mass is 381 g/mol. The molecule has 0 aromatic heterocycles. The predicted octanol–water partition coefficient (Wildman–Crippen LogP) is 4.84. The van der Waals surface area contributed by atoms with E-state index in [4.69, 9.17) is 9.47 Å². The Bertz CT molecular complexity index is 685. The fraction of sp³-hybridized carbons (Fsp3) is 0.333. The molecule has 0 radical (unpaired) electrons. The molecule has 0 aliphatic carbocycles. The number of ether oxygens (including phenoxy) is 2. The van der Waals surface area contributed by atoms with Crippen LogP contribution in [-0.2, 0) is 22.3 Å². The Kier molecular flexibility index (Phi) is 8.79. The van der Waals surface area contributed by atoms with Crippen LogP contribution in [-0.4, -0.2) is 36.6 Å². The maximum atomic E-state index is 9.93. The van der Waals surface area contributed by atoms with Crippen molar-refractivity contribution >= 4 is 0 Å². The number of benzene rings is 2. The summed E-state index contributed by atoms with van der Waals surface area (Å²) >= 11 is 0. The Labute approximate surface area is 168 Å². The smallest absolute Gasteiger partial charge is 0.103 e. The second kappa shape index (κ2) is 11.3. The number of hydrogen-bond acceptors (Lipinski definition) is 4. The second-order valence-electron chi connectivity index (χ2n) is 7.05. The van der Waals surface area contributed by atoms with Gasteiger partial charge < -0.3 is 14.7 Å². The molecular weight excluding hydrogens is 350 g/mol. The van der Waals surface area contributed by atoms with Gasteiger partial charge in [0, 0.05) is 12.8 Å². The van der Waals surface area contributed by atoms with E-state index >= 15 is 0 Å². The Balaban J connectivity index is 1.56. The molecule has 2 aromatic carbocycles. The summed E-state index contributed by atoms with van der Waals surface area (Å²) in [5.74, 6) is 1.39. The second-order valence-corrected chi connectivity index (χ2v) is 7.05. The van der Waals surface area contributed by atoms with Crippen molar-refractivity contribution in [1.29, 1.82) is 0 Å². The van der Waals surface area contributed by atoms with E-state index in [0.29, 0.717) is 50.7 Å². The Morgan fingerprint density at radius 2 is 1.11 bits per heavy atom. The highest BCUT2D eigenvalue weighted by atomic mass is 16.5. The fourth-order valence-corrected chi connectivity index (χ4v) is 2.67. The molecule has 0 heterocycles. The highest BCUT2D eigenvalue weighted by Crippen LogP contribution is 2.10. The van der Waals surface area contributed by atoms with Gasteiger partial charge in [0.05, 0.1) is 24.6 Å².